The molecule has 0 fully saturated rings. The minimum absolute atomic E-state index is 0.556. The van der Waals surface area contributed by atoms with E-state index in [0.29, 0.717) is 5.69 Å². The standard InChI is InChI=1S/C14H9F2N2/c1-9-17-13-4-2-3-5-14(13)18(9)10-6-7-11(15)12(16)8-10/h3-8H,1H3. The van der Waals surface area contributed by atoms with Crippen LogP contribution in [0, 0.1) is 24.6 Å². The van der Waals surface area contributed by atoms with Gasteiger partial charge in [-0.3, -0.25) is 4.57 Å². The van der Waals surface area contributed by atoms with E-state index in [1.807, 2.05) is 13.0 Å². The Kier molecular flexibility index (Phi) is 2.37. The summed E-state index contributed by atoms with van der Waals surface area (Å²) in [6.07, 6.45) is 0. The molecular formula is C14H9F2N2. The quantitative estimate of drug-likeness (QED) is 0.640. The molecule has 0 aliphatic carbocycles. The van der Waals surface area contributed by atoms with E-state index in [4.69, 9.17) is 0 Å². The summed E-state index contributed by atoms with van der Waals surface area (Å²) >= 11 is 0. The zero-order valence-electron chi connectivity index (χ0n) is 9.61. The summed E-state index contributed by atoms with van der Waals surface area (Å²) in [5, 5.41) is 0. The zero-order chi connectivity index (χ0) is 12.7. The first-order valence-electron chi connectivity index (χ1n) is 5.47. The molecular weight excluding hydrogens is 234 g/mol. The lowest BCUT2D eigenvalue weighted by atomic mass is 10.2. The van der Waals surface area contributed by atoms with Gasteiger partial charge < -0.3 is 0 Å². The van der Waals surface area contributed by atoms with Gasteiger partial charge in [-0.25, -0.2) is 13.8 Å². The van der Waals surface area contributed by atoms with Crippen molar-refractivity contribution in [2.24, 2.45) is 0 Å². The third-order valence-electron chi connectivity index (χ3n) is 2.83. The van der Waals surface area contributed by atoms with Crippen LogP contribution in [0.15, 0.2) is 36.4 Å². The Morgan fingerprint density at radius 3 is 2.78 bits per heavy atom. The van der Waals surface area contributed by atoms with E-state index in [1.54, 1.807) is 16.7 Å². The summed E-state index contributed by atoms with van der Waals surface area (Å²) in [6.45, 7) is 1.82. The van der Waals surface area contributed by atoms with E-state index < -0.39 is 11.6 Å². The SMILES string of the molecule is Cc1nc2c[c]ccc2n1-c1ccc(F)c(F)c1. The first-order chi connectivity index (χ1) is 8.66. The van der Waals surface area contributed by atoms with Crippen LogP contribution in [-0.4, -0.2) is 9.55 Å². The van der Waals surface area contributed by atoms with Crippen LogP contribution in [-0.2, 0) is 0 Å². The van der Waals surface area contributed by atoms with Crippen molar-refractivity contribution in [3.05, 3.63) is 59.9 Å². The zero-order valence-corrected chi connectivity index (χ0v) is 9.61. The molecule has 4 heteroatoms. The predicted molar refractivity (Wildman–Crippen MR) is 64.6 cm³/mol. The fraction of sp³-hybridized carbons (Fsp3) is 0.0714. The van der Waals surface area contributed by atoms with Gasteiger partial charge in [-0.1, -0.05) is 6.07 Å². The molecule has 0 amide bonds. The summed E-state index contributed by atoms with van der Waals surface area (Å²) in [5.41, 5.74) is 2.18. The summed E-state index contributed by atoms with van der Waals surface area (Å²) in [5.74, 6) is -0.999. The average Bonchev–Trinajstić information content (AvgIpc) is 2.69. The molecule has 1 heterocycles. The molecule has 3 aromatic rings. The minimum atomic E-state index is -0.865. The molecule has 0 saturated heterocycles. The van der Waals surface area contributed by atoms with E-state index in [0.717, 1.165) is 22.9 Å². The molecule has 0 bridgehead atoms. The van der Waals surface area contributed by atoms with Crippen LogP contribution in [0.5, 0.6) is 0 Å². The molecule has 18 heavy (non-hydrogen) atoms. The molecule has 1 radical (unpaired) electrons. The van der Waals surface area contributed by atoms with E-state index in [2.05, 4.69) is 11.1 Å². The van der Waals surface area contributed by atoms with E-state index in [1.165, 1.54) is 12.1 Å². The second-order valence-corrected chi connectivity index (χ2v) is 4.01. The maximum Gasteiger partial charge on any atom is 0.160 e. The van der Waals surface area contributed by atoms with E-state index in [9.17, 15) is 8.78 Å². The molecule has 2 nitrogen and oxygen atoms in total. The number of hydrogen-bond donors (Lipinski definition) is 0. The van der Waals surface area contributed by atoms with Crippen molar-refractivity contribution in [3.63, 3.8) is 0 Å². The monoisotopic (exact) mass is 243 g/mol. The molecule has 0 aliphatic rings. The molecule has 1 aromatic heterocycles. The fourth-order valence-corrected chi connectivity index (χ4v) is 2.04. The van der Waals surface area contributed by atoms with Crippen LogP contribution in [0.4, 0.5) is 8.78 Å². The highest BCUT2D eigenvalue weighted by Gasteiger charge is 2.10. The van der Waals surface area contributed by atoms with Crippen molar-refractivity contribution < 1.29 is 8.78 Å². The lowest BCUT2D eigenvalue weighted by Gasteiger charge is -2.07. The second-order valence-electron chi connectivity index (χ2n) is 4.01. The number of rotatable bonds is 1. The van der Waals surface area contributed by atoms with Crippen molar-refractivity contribution in [2.45, 2.75) is 6.92 Å². The van der Waals surface area contributed by atoms with Crippen LogP contribution < -0.4 is 0 Å². The van der Waals surface area contributed by atoms with Gasteiger partial charge in [-0.05, 0) is 37.3 Å². The lowest BCUT2D eigenvalue weighted by Crippen LogP contribution is -1.98. The summed E-state index contributed by atoms with van der Waals surface area (Å²) in [4.78, 5) is 4.36. The molecule has 0 atom stereocenters. The molecule has 0 unspecified atom stereocenters. The molecule has 0 spiro atoms. The Labute approximate surface area is 103 Å². The Hall–Kier alpha value is -2.23. The topological polar surface area (TPSA) is 17.8 Å². The van der Waals surface area contributed by atoms with Crippen LogP contribution in [0.1, 0.15) is 5.82 Å². The van der Waals surface area contributed by atoms with Crippen LogP contribution in [0.3, 0.4) is 0 Å². The Morgan fingerprint density at radius 1 is 1.17 bits per heavy atom. The predicted octanol–water partition coefficient (Wildman–Crippen LogP) is 3.41. The third kappa shape index (κ3) is 1.57. The molecule has 0 N–H and O–H groups in total. The number of aryl methyl sites for hydroxylation is 1. The van der Waals surface area contributed by atoms with Gasteiger partial charge in [-0.2, -0.15) is 0 Å². The number of aromatic nitrogens is 2. The summed E-state index contributed by atoms with van der Waals surface area (Å²) in [6, 6.07) is 12.1. The van der Waals surface area contributed by atoms with Crippen LogP contribution in [0.25, 0.3) is 16.7 Å². The molecule has 89 valence electrons. The van der Waals surface area contributed by atoms with Crippen molar-refractivity contribution in [1.29, 1.82) is 0 Å². The normalized spacial score (nSPS) is 11.1. The third-order valence-corrected chi connectivity index (χ3v) is 2.83. The maximum absolute atomic E-state index is 13.3. The molecule has 2 aromatic carbocycles. The summed E-state index contributed by atoms with van der Waals surface area (Å²) < 4.78 is 28.0. The van der Waals surface area contributed by atoms with Gasteiger partial charge in [0, 0.05) is 6.07 Å². The van der Waals surface area contributed by atoms with Gasteiger partial charge in [0.1, 0.15) is 5.82 Å². The highest BCUT2D eigenvalue weighted by atomic mass is 19.2. The first-order valence-corrected chi connectivity index (χ1v) is 5.47. The van der Waals surface area contributed by atoms with Crippen molar-refractivity contribution >= 4 is 11.0 Å². The van der Waals surface area contributed by atoms with Gasteiger partial charge in [-0.15, -0.1) is 0 Å². The first kappa shape index (κ1) is 10.9. The van der Waals surface area contributed by atoms with E-state index in [-0.39, 0.29) is 0 Å². The number of nitrogens with zero attached hydrogens (tertiary/aromatic N) is 2. The lowest BCUT2D eigenvalue weighted by molar-refractivity contribution is 0.508. The number of fused-ring (bicyclic) bond motifs is 1. The minimum Gasteiger partial charge on any atom is -0.296 e. The second kappa shape index (κ2) is 3.91. The largest absolute Gasteiger partial charge is 0.296 e. The number of benzene rings is 2. The van der Waals surface area contributed by atoms with Gasteiger partial charge in [0.05, 0.1) is 16.7 Å². The average molecular weight is 243 g/mol. The Morgan fingerprint density at radius 2 is 2.00 bits per heavy atom. The van der Waals surface area contributed by atoms with Crippen molar-refractivity contribution in [3.8, 4) is 5.69 Å². The Balaban J connectivity index is 2.30. The smallest absolute Gasteiger partial charge is 0.160 e. The number of halogens is 2. The number of hydrogen-bond acceptors (Lipinski definition) is 1. The maximum atomic E-state index is 13.3. The molecule has 3 rings (SSSR count). The van der Waals surface area contributed by atoms with Crippen molar-refractivity contribution in [2.75, 3.05) is 0 Å². The molecule has 0 saturated carbocycles. The van der Waals surface area contributed by atoms with Gasteiger partial charge in [0.2, 0.25) is 0 Å². The summed E-state index contributed by atoms with van der Waals surface area (Å²) in [7, 11) is 0. The fourth-order valence-electron chi connectivity index (χ4n) is 2.04. The van der Waals surface area contributed by atoms with Gasteiger partial charge >= 0.3 is 0 Å². The van der Waals surface area contributed by atoms with Crippen LogP contribution in [0.2, 0.25) is 0 Å². The highest BCUT2D eigenvalue weighted by Crippen LogP contribution is 2.22. The van der Waals surface area contributed by atoms with E-state index >= 15 is 0 Å². The number of imidazole rings is 1. The highest BCUT2D eigenvalue weighted by molar-refractivity contribution is 5.77. The van der Waals surface area contributed by atoms with Crippen LogP contribution >= 0.6 is 0 Å². The van der Waals surface area contributed by atoms with Crippen molar-refractivity contribution in [1.82, 2.24) is 9.55 Å². The van der Waals surface area contributed by atoms with Gasteiger partial charge in [0.25, 0.3) is 0 Å². The van der Waals surface area contributed by atoms with Gasteiger partial charge in [0.15, 0.2) is 11.6 Å². The Bertz CT molecular complexity index is 732. The molecule has 0 aliphatic heterocycles.